The average Bonchev–Trinajstić information content (AvgIpc) is 2.97. The van der Waals surface area contributed by atoms with Gasteiger partial charge >= 0.3 is 0 Å². The van der Waals surface area contributed by atoms with Crippen molar-refractivity contribution < 1.29 is 14.3 Å². The molecular formula is C22H26FN3O2. The van der Waals surface area contributed by atoms with Crippen LogP contribution in [0.3, 0.4) is 0 Å². The molecule has 1 atom stereocenters. The lowest BCUT2D eigenvalue weighted by atomic mass is 10.1. The lowest BCUT2D eigenvalue weighted by Gasteiger charge is -2.36. The van der Waals surface area contributed by atoms with Crippen molar-refractivity contribution in [3.8, 4) is 0 Å². The van der Waals surface area contributed by atoms with Gasteiger partial charge in [-0.1, -0.05) is 18.2 Å². The predicted octanol–water partition coefficient (Wildman–Crippen LogP) is 2.87. The minimum atomic E-state index is -0.817. The van der Waals surface area contributed by atoms with Gasteiger partial charge in [-0.15, -0.1) is 0 Å². The third-order valence-corrected chi connectivity index (χ3v) is 5.71. The van der Waals surface area contributed by atoms with Crippen LogP contribution in [-0.4, -0.2) is 60.1 Å². The van der Waals surface area contributed by atoms with Gasteiger partial charge in [0.1, 0.15) is 5.82 Å². The molecule has 5 nitrogen and oxygen atoms in total. The number of piperazine rings is 1. The number of benzene rings is 2. The van der Waals surface area contributed by atoms with Crippen molar-refractivity contribution in [2.45, 2.75) is 19.1 Å². The Morgan fingerprint density at radius 1 is 0.929 bits per heavy atom. The number of anilines is 1. The summed E-state index contributed by atoms with van der Waals surface area (Å²) in [5, 5.41) is 10.4. The zero-order chi connectivity index (χ0) is 19.5. The van der Waals surface area contributed by atoms with E-state index in [0.717, 1.165) is 51.3 Å². The first-order valence-electron chi connectivity index (χ1n) is 9.94. The molecule has 0 saturated carbocycles. The molecule has 2 aromatic rings. The van der Waals surface area contributed by atoms with Crippen LogP contribution in [-0.2, 0) is 0 Å². The number of halogens is 1. The summed E-state index contributed by atoms with van der Waals surface area (Å²) in [4.78, 5) is 18.7. The molecule has 2 aliphatic heterocycles. The highest BCUT2D eigenvalue weighted by molar-refractivity contribution is 5.98. The molecule has 0 spiro atoms. The molecular weight excluding hydrogens is 357 g/mol. The van der Waals surface area contributed by atoms with Crippen LogP contribution in [0.1, 0.15) is 35.0 Å². The van der Waals surface area contributed by atoms with Gasteiger partial charge in [0.05, 0.1) is 0 Å². The van der Waals surface area contributed by atoms with Crippen molar-refractivity contribution in [2.75, 3.05) is 44.2 Å². The number of aliphatic hydroxyl groups excluding tert-OH is 1. The normalized spacial score (nSPS) is 19.9. The Balaban J connectivity index is 1.19. The van der Waals surface area contributed by atoms with Gasteiger partial charge < -0.3 is 14.9 Å². The molecule has 2 aromatic carbocycles. The maximum absolute atomic E-state index is 13.1. The van der Waals surface area contributed by atoms with Gasteiger partial charge in [-0.05, 0) is 49.7 Å². The number of hydrogen-bond acceptors (Lipinski definition) is 4. The molecule has 148 valence electrons. The lowest BCUT2D eigenvalue weighted by molar-refractivity contribution is 0.0167. The number of carbonyl (C=O) groups excluding carboxylic acids is 1. The molecule has 0 aromatic heterocycles. The van der Waals surface area contributed by atoms with E-state index in [0.29, 0.717) is 17.7 Å². The summed E-state index contributed by atoms with van der Waals surface area (Å²) in [5.41, 5.74) is 2.40. The third-order valence-electron chi connectivity index (χ3n) is 5.71. The van der Waals surface area contributed by atoms with Gasteiger partial charge in [0.2, 0.25) is 0 Å². The first-order valence-corrected chi connectivity index (χ1v) is 9.94. The van der Waals surface area contributed by atoms with Gasteiger partial charge in [0.15, 0.2) is 6.23 Å². The summed E-state index contributed by atoms with van der Waals surface area (Å²) in [5.74, 6) is -0.275. The van der Waals surface area contributed by atoms with Crippen LogP contribution in [0.25, 0.3) is 0 Å². The minimum Gasteiger partial charge on any atom is -0.369 e. The molecule has 1 unspecified atom stereocenters. The van der Waals surface area contributed by atoms with Gasteiger partial charge in [0, 0.05) is 49.5 Å². The maximum Gasteiger partial charge on any atom is 0.256 e. The average molecular weight is 383 g/mol. The van der Waals surface area contributed by atoms with E-state index in [9.17, 15) is 14.3 Å². The predicted molar refractivity (Wildman–Crippen MR) is 107 cm³/mol. The van der Waals surface area contributed by atoms with Crippen LogP contribution >= 0.6 is 0 Å². The summed E-state index contributed by atoms with van der Waals surface area (Å²) >= 11 is 0. The van der Waals surface area contributed by atoms with Gasteiger partial charge in [0.25, 0.3) is 5.91 Å². The molecule has 0 aliphatic carbocycles. The first kappa shape index (κ1) is 18.9. The van der Waals surface area contributed by atoms with Crippen LogP contribution in [0.4, 0.5) is 10.1 Å². The highest BCUT2D eigenvalue weighted by Crippen LogP contribution is 2.31. The number of fused-ring (bicyclic) bond motifs is 1. The molecule has 1 N–H and O–H groups in total. The minimum absolute atomic E-state index is 0.0731. The van der Waals surface area contributed by atoms with E-state index in [1.807, 2.05) is 30.3 Å². The molecule has 2 aliphatic rings. The van der Waals surface area contributed by atoms with Crippen molar-refractivity contribution in [1.82, 2.24) is 9.80 Å². The molecule has 2 heterocycles. The number of carbonyl (C=O) groups is 1. The Labute approximate surface area is 165 Å². The fourth-order valence-electron chi connectivity index (χ4n) is 4.07. The maximum atomic E-state index is 13.1. The van der Waals surface area contributed by atoms with E-state index in [2.05, 4.69) is 9.80 Å². The number of nitrogens with zero attached hydrogens (tertiary/aromatic N) is 3. The monoisotopic (exact) mass is 383 g/mol. The summed E-state index contributed by atoms with van der Waals surface area (Å²) < 4.78 is 13.1. The van der Waals surface area contributed by atoms with E-state index in [4.69, 9.17) is 0 Å². The Kier molecular flexibility index (Phi) is 5.59. The van der Waals surface area contributed by atoms with Crippen LogP contribution in [0, 0.1) is 5.82 Å². The van der Waals surface area contributed by atoms with Crippen LogP contribution in [0.5, 0.6) is 0 Å². The van der Waals surface area contributed by atoms with E-state index in [1.165, 1.54) is 12.1 Å². The SMILES string of the molecule is O=C1c2ccccc2C(O)N1CCCCN1CCN(c2ccc(F)cc2)CC1. The summed E-state index contributed by atoms with van der Waals surface area (Å²) in [6, 6.07) is 14.0. The van der Waals surface area contributed by atoms with Crippen molar-refractivity contribution in [2.24, 2.45) is 0 Å². The van der Waals surface area contributed by atoms with Crippen molar-refractivity contribution in [3.63, 3.8) is 0 Å². The number of unbranched alkanes of at least 4 members (excludes halogenated alkanes) is 1. The number of aliphatic hydroxyl groups is 1. The first-order chi connectivity index (χ1) is 13.6. The molecule has 28 heavy (non-hydrogen) atoms. The second-order valence-electron chi connectivity index (χ2n) is 7.47. The van der Waals surface area contributed by atoms with Crippen molar-refractivity contribution >= 4 is 11.6 Å². The Bertz CT molecular complexity index is 819. The molecule has 6 heteroatoms. The summed E-state index contributed by atoms with van der Waals surface area (Å²) in [6.07, 6.45) is 1.04. The van der Waals surface area contributed by atoms with Gasteiger partial charge in [-0.3, -0.25) is 9.69 Å². The molecule has 1 fully saturated rings. The Hall–Kier alpha value is -2.44. The molecule has 1 saturated heterocycles. The molecule has 1 amide bonds. The van der Waals surface area contributed by atoms with Crippen molar-refractivity contribution in [3.05, 3.63) is 65.5 Å². The smallest absolute Gasteiger partial charge is 0.256 e. The lowest BCUT2D eigenvalue weighted by Crippen LogP contribution is -2.46. The van der Waals surface area contributed by atoms with Crippen molar-refractivity contribution in [1.29, 1.82) is 0 Å². The van der Waals surface area contributed by atoms with E-state index in [-0.39, 0.29) is 11.7 Å². The third kappa shape index (κ3) is 3.88. The van der Waals surface area contributed by atoms with E-state index in [1.54, 1.807) is 11.0 Å². The fourth-order valence-corrected chi connectivity index (χ4v) is 4.07. The van der Waals surface area contributed by atoms with Crippen LogP contribution in [0.15, 0.2) is 48.5 Å². The second-order valence-corrected chi connectivity index (χ2v) is 7.47. The topological polar surface area (TPSA) is 47.0 Å². The molecule has 0 bridgehead atoms. The number of rotatable bonds is 6. The van der Waals surface area contributed by atoms with Gasteiger partial charge in [-0.2, -0.15) is 0 Å². The standard InChI is InChI=1S/C22H26FN3O2/c23-17-7-9-18(10-8-17)25-15-13-24(14-16-25)11-3-4-12-26-21(27)19-5-1-2-6-20(19)22(26)28/h1-2,5-10,21,27H,3-4,11-16H2. The zero-order valence-electron chi connectivity index (χ0n) is 15.9. The molecule has 4 rings (SSSR count). The van der Waals surface area contributed by atoms with Gasteiger partial charge in [-0.25, -0.2) is 4.39 Å². The van der Waals surface area contributed by atoms with Crippen LogP contribution in [0.2, 0.25) is 0 Å². The molecule has 0 radical (unpaired) electrons. The Morgan fingerprint density at radius 3 is 2.32 bits per heavy atom. The zero-order valence-corrected chi connectivity index (χ0v) is 15.9. The highest BCUT2D eigenvalue weighted by atomic mass is 19.1. The van der Waals surface area contributed by atoms with Crippen LogP contribution < -0.4 is 4.90 Å². The number of hydrogen-bond donors (Lipinski definition) is 1. The highest BCUT2D eigenvalue weighted by Gasteiger charge is 2.34. The number of amides is 1. The quantitative estimate of drug-likeness (QED) is 0.780. The van der Waals surface area contributed by atoms with E-state index < -0.39 is 6.23 Å². The second kappa shape index (κ2) is 8.29. The summed E-state index contributed by atoms with van der Waals surface area (Å²) in [7, 11) is 0. The largest absolute Gasteiger partial charge is 0.369 e. The summed E-state index contributed by atoms with van der Waals surface area (Å²) in [6.45, 7) is 5.39. The Morgan fingerprint density at radius 2 is 1.61 bits per heavy atom. The van der Waals surface area contributed by atoms with E-state index >= 15 is 0 Å². The fraction of sp³-hybridized carbons (Fsp3) is 0.409.